The van der Waals surface area contributed by atoms with Gasteiger partial charge in [-0.15, -0.1) is 0 Å². The first-order valence-electron chi connectivity index (χ1n) is 8.43. The van der Waals surface area contributed by atoms with E-state index in [1.54, 1.807) is 6.20 Å². The molecule has 0 radical (unpaired) electrons. The van der Waals surface area contributed by atoms with Crippen molar-refractivity contribution in [3.05, 3.63) is 29.7 Å². The van der Waals surface area contributed by atoms with Gasteiger partial charge in [0, 0.05) is 16.4 Å². The molecule has 2 aromatic rings. The van der Waals surface area contributed by atoms with E-state index in [0.717, 1.165) is 47.9 Å². The smallest absolute Gasteiger partial charge is 0.124 e. The van der Waals surface area contributed by atoms with Crippen LogP contribution in [0.1, 0.15) is 50.2 Å². The summed E-state index contributed by atoms with van der Waals surface area (Å²) in [7, 11) is 0. The van der Waals surface area contributed by atoms with Gasteiger partial charge in [-0.05, 0) is 68.4 Å². The van der Waals surface area contributed by atoms with E-state index in [2.05, 4.69) is 10.2 Å². The molecule has 4 saturated carbocycles. The van der Waals surface area contributed by atoms with Crippen molar-refractivity contribution in [1.29, 1.82) is 0 Å². The summed E-state index contributed by atoms with van der Waals surface area (Å²) in [5, 5.41) is 18.9. The average molecular weight is 300 g/mol. The molecule has 0 aliphatic heterocycles. The number of nitrogens with zero attached hydrogens (tertiary/aromatic N) is 1. The zero-order chi connectivity index (χ0) is 14.9. The summed E-state index contributed by atoms with van der Waals surface area (Å²) in [6.07, 6.45) is 8.39. The Balaban J connectivity index is 1.61. The third kappa shape index (κ3) is 1.73. The molecule has 4 bridgehead atoms. The van der Waals surface area contributed by atoms with Gasteiger partial charge in [0.15, 0.2) is 0 Å². The lowest BCUT2D eigenvalue weighted by Crippen LogP contribution is -2.48. The van der Waals surface area contributed by atoms with Gasteiger partial charge in [-0.3, -0.25) is 5.10 Å². The summed E-state index contributed by atoms with van der Waals surface area (Å²) < 4.78 is 14.0. The normalized spacial score (nSPS) is 37.8. The lowest BCUT2D eigenvalue weighted by molar-refractivity contribution is -0.121. The third-order valence-electron chi connectivity index (χ3n) is 6.50. The second-order valence-electron chi connectivity index (χ2n) is 8.01. The molecule has 1 heterocycles. The first-order chi connectivity index (χ1) is 10.6. The number of hydrogen-bond acceptors (Lipinski definition) is 2. The van der Waals surface area contributed by atoms with Crippen LogP contribution in [0.5, 0.6) is 0 Å². The van der Waals surface area contributed by atoms with Crippen LogP contribution < -0.4 is 0 Å². The first-order valence-corrected chi connectivity index (χ1v) is 8.43. The number of hydrogen-bond donors (Lipinski definition) is 2. The number of aromatic amines is 1. The minimum absolute atomic E-state index is 0.0411. The molecule has 1 atom stereocenters. The molecule has 0 amide bonds. The van der Waals surface area contributed by atoms with Gasteiger partial charge in [-0.1, -0.05) is 0 Å². The van der Waals surface area contributed by atoms with Gasteiger partial charge in [-0.2, -0.15) is 5.10 Å². The molecule has 3 nitrogen and oxygen atoms in total. The second-order valence-corrected chi connectivity index (χ2v) is 8.01. The Labute approximate surface area is 128 Å². The standard InChI is InChI=1S/C18H21FN2O/c19-14-4-13-9-20-21-16(13)15(5-14)17(22)18-6-10-1-11(7-18)3-12(2-10)8-18/h4-5,9-12,17,22H,1-3,6-8H2,(H,20,21). The molecule has 1 aromatic heterocycles. The zero-order valence-electron chi connectivity index (χ0n) is 12.6. The van der Waals surface area contributed by atoms with Gasteiger partial charge < -0.3 is 5.11 Å². The molecule has 4 heteroatoms. The molecule has 2 N–H and O–H groups in total. The maximum Gasteiger partial charge on any atom is 0.124 e. The Bertz CT molecular complexity index is 702. The van der Waals surface area contributed by atoms with Gasteiger partial charge in [0.05, 0.1) is 17.8 Å². The van der Waals surface area contributed by atoms with Gasteiger partial charge in [-0.25, -0.2) is 4.39 Å². The highest BCUT2D eigenvalue weighted by Gasteiger charge is 2.54. The van der Waals surface area contributed by atoms with Crippen LogP contribution in [0.15, 0.2) is 18.3 Å². The molecule has 1 aromatic carbocycles. The zero-order valence-corrected chi connectivity index (χ0v) is 12.6. The van der Waals surface area contributed by atoms with Crippen molar-refractivity contribution in [1.82, 2.24) is 10.2 Å². The molecular weight excluding hydrogens is 279 g/mol. The van der Waals surface area contributed by atoms with E-state index in [9.17, 15) is 9.50 Å². The van der Waals surface area contributed by atoms with Crippen molar-refractivity contribution < 1.29 is 9.50 Å². The SMILES string of the molecule is OC(c1cc(F)cc2cn[nH]c12)C12CC3CC(CC(C3)C1)C2. The van der Waals surface area contributed by atoms with E-state index in [1.807, 2.05) is 0 Å². The highest BCUT2D eigenvalue weighted by molar-refractivity contribution is 5.81. The highest BCUT2D eigenvalue weighted by Crippen LogP contribution is 2.64. The van der Waals surface area contributed by atoms with Gasteiger partial charge in [0.25, 0.3) is 0 Å². The summed E-state index contributed by atoms with van der Waals surface area (Å²) in [6, 6.07) is 2.98. The molecule has 4 fully saturated rings. The fraction of sp³-hybridized carbons (Fsp3) is 0.611. The number of nitrogens with one attached hydrogen (secondary N) is 1. The summed E-state index contributed by atoms with van der Waals surface area (Å²) in [5.74, 6) is 2.03. The Kier molecular flexibility index (Phi) is 2.56. The fourth-order valence-corrected chi connectivity index (χ4v) is 6.11. The largest absolute Gasteiger partial charge is 0.388 e. The number of H-pyrrole nitrogens is 1. The van der Waals surface area contributed by atoms with Crippen molar-refractivity contribution in [2.24, 2.45) is 23.2 Å². The number of benzene rings is 1. The molecule has 1 unspecified atom stereocenters. The maximum atomic E-state index is 14.0. The lowest BCUT2D eigenvalue weighted by atomic mass is 9.47. The highest BCUT2D eigenvalue weighted by atomic mass is 19.1. The van der Waals surface area contributed by atoms with Crippen LogP contribution in [0.3, 0.4) is 0 Å². The van der Waals surface area contributed by atoms with E-state index in [4.69, 9.17) is 0 Å². The molecule has 4 aliphatic rings. The fourth-order valence-electron chi connectivity index (χ4n) is 6.11. The number of halogens is 1. The van der Waals surface area contributed by atoms with Crippen LogP contribution in [-0.2, 0) is 0 Å². The predicted octanol–water partition coefficient (Wildman–Crippen LogP) is 3.95. The number of aliphatic hydroxyl groups is 1. The Morgan fingerprint density at radius 3 is 2.41 bits per heavy atom. The topological polar surface area (TPSA) is 48.9 Å². The molecule has 6 rings (SSSR count). The summed E-state index contributed by atoms with van der Waals surface area (Å²) in [6.45, 7) is 0. The van der Waals surface area contributed by atoms with Gasteiger partial charge in [0.1, 0.15) is 5.82 Å². The minimum Gasteiger partial charge on any atom is -0.388 e. The van der Waals surface area contributed by atoms with E-state index in [1.165, 1.54) is 31.4 Å². The number of aliphatic hydroxyl groups excluding tert-OH is 1. The van der Waals surface area contributed by atoms with Crippen molar-refractivity contribution in [2.75, 3.05) is 0 Å². The van der Waals surface area contributed by atoms with Gasteiger partial charge >= 0.3 is 0 Å². The van der Waals surface area contributed by atoms with Crippen LogP contribution in [-0.4, -0.2) is 15.3 Å². The first kappa shape index (κ1) is 13.1. The predicted molar refractivity (Wildman–Crippen MR) is 81.6 cm³/mol. The average Bonchev–Trinajstić information content (AvgIpc) is 2.92. The van der Waals surface area contributed by atoms with Crippen molar-refractivity contribution >= 4 is 10.9 Å². The Morgan fingerprint density at radius 2 is 1.77 bits per heavy atom. The number of fused-ring (bicyclic) bond motifs is 1. The third-order valence-corrected chi connectivity index (χ3v) is 6.50. The molecule has 116 valence electrons. The van der Waals surface area contributed by atoms with E-state index in [-0.39, 0.29) is 11.2 Å². The van der Waals surface area contributed by atoms with Crippen molar-refractivity contribution in [2.45, 2.75) is 44.6 Å². The Morgan fingerprint density at radius 1 is 1.14 bits per heavy atom. The maximum absolute atomic E-state index is 14.0. The number of aromatic nitrogens is 2. The molecule has 0 saturated heterocycles. The van der Waals surface area contributed by atoms with Crippen molar-refractivity contribution in [3.63, 3.8) is 0 Å². The minimum atomic E-state index is -0.584. The van der Waals surface area contributed by atoms with Gasteiger partial charge in [0.2, 0.25) is 0 Å². The van der Waals surface area contributed by atoms with Crippen LogP contribution >= 0.6 is 0 Å². The molecular formula is C18H21FN2O. The van der Waals surface area contributed by atoms with E-state index >= 15 is 0 Å². The summed E-state index contributed by atoms with van der Waals surface area (Å²) in [5.41, 5.74) is 1.46. The quantitative estimate of drug-likeness (QED) is 0.882. The van der Waals surface area contributed by atoms with Crippen molar-refractivity contribution in [3.8, 4) is 0 Å². The van der Waals surface area contributed by atoms with E-state index < -0.39 is 6.10 Å². The molecule has 4 aliphatic carbocycles. The lowest BCUT2D eigenvalue weighted by Gasteiger charge is -2.58. The summed E-state index contributed by atoms with van der Waals surface area (Å²) in [4.78, 5) is 0. The van der Waals surface area contributed by atoms with Crippen LogP contribution in [0.2, 0.25) is 0 Å². The monoisotopic (exact) mass is 300 g/mol. The second kappa shape index (κ2) is 4.31. The number of rotatable bonds is 2. The molecule has 0 spiro atoms. The Hall–Kier alpha value is -1.42. The van der Waals surface area contributed by atoms with Crippen LogP contribution in [0.25, 0.3) is 10.9 Å². The molecule has 22 heavy (non-hydrogen) atoms. The van der Waals surface area contributed by atoms with Crippen LogP contribution in [0, 0.1) is 29.0 Å². The van der Waals surface area contributed by atoms with E-state index in [0.29, 0.717) is 5.56 Å². The summed E-state index contributed by atoms with van der Waals surface area (Å²) >= 11 is 0. The van der Waals surface area contributed by atoms with Crippen LogP contribution in [0.4, 0.5) is 4.39 Å².